The molecular formula is C25H32Cl2N10O3. The van der Waals surface area contributed by atoms with Gasteiger partial charge in [-0.25, -0.2) is 15.0 Å². The predicted octanol–water partition coefficient (Wildman–Crippen LogP) is 2.01. The van der Waals surface area contributed by atoms with Crippen LogP contribution in [0.1, 0.15) is 53.5 Å². The van der Waals surface area contributed by atoms with E-state index < -0.39 is 5.91 Å². The standard InChI is InChI=1S/C25H32Cl2N10O3/c1-2-14-13-36(23-20(27)32-19(22(29)33-23)24(38)31-18-7-12-40-34-18)10-11-37(14)15-5-8-35(9-6-15)25(39)16-3-4-17(26)30-21(16)28/h3-4,14-15H,2,5-13H2,1H3,(H2,28,30)(H2,29,33)(H,31,34,38)/t14-/m0/s1. The SMILES string of the molecule is CC[C@H]1CN(c2nc(N)c(C(=O)NC3=NOCC3)nc2Cl)CCN1C1CCN(C(=O)c2ccc(Cl)nc2N)CC1. The van der Waals surface area contributed by atoms with Crippen molar-refractivity contribution < 1.29 is 14.4 Å². The lowest BCUT2D eigenvalue weighted by atomic mass is 9.97. The van der Waals surface area contributed by atoms with Gasteiger partial charge < -0.3 is 31.4 Å². The van der Waals surface area contributed by atoms with Gasteiger partial charge in [0.1, 0.15) is 17.6 Å². The number of hydrogen-bond acceptors (Lipinski definition) is 11. The van der Waals surface area contributed by atoms with Crippen molar-refractivity contribution >= 4 is 58.3 Å². The topological polar surface area (TPSA) is 168 Å². The van der Waals surface area contributed by atoms with Crippen LogP contribution in [0.5, 0.6) is 0 Å². The van der Waals surface area contributed by atoms with Gasteiger partial charge in [0.15, 0.2) is 28.3 Å². The normalized spacial score (nSPS) is 20.3. The van der Waals surface area contributed by atoms with E-state index >= 15 is 0 Å². The molecule has 214 valence electrons. The van der Waals surface area contributed by atoms with Crippen LogP contribution in [-0.2, 0) is 4.84 Å². The van der Waals surface area contributed by atoms with Gasteiger partial charge in [-0.3, -0.25) is 14.5 Å². The van der Waals surface area contributed by atoms with Crippen molar-refractivity contribution in [2.75, 3.05) is 55.7 Å². The van der Waals surface area contributed by atoms with Crippen molar-refractivity contribution in [3.8, 4) is 0 Å². The van der Waals surface area contributed by atoms with E-state index in [0.717, 1.165) is 25.8 Å². The van der Waals surface area contributed by atoms with Crippen LogP contribution in [0, 0.1) is 0 Å². The molecule has 0 saturated carbocycles. The second kappa shape index (κ2) is 12.0. The summed E-state index contributed by atoms with van der Waals surface area (Å²) in [6, 6.07) is 3.80. The average Bonchev–Trinajstić information content (AvgIpc) is 3.46. The molecule has 13 nitrogen and oxygen atoms in total. The third kappa shape index (κ3) is 5.86. The van der Waals surface area contributed by atoms with Crippen LogP contribution >= 0.6 is 23.2 Å². The predicted molar refractivity (Wildman–Crippen MR) is 153 cm³/mol. The molecule has 2 saturated heterocycles. The Morgan fingerprint density at radius 3 is 2.52 bits per heavy atom. The molecule has 0 aliphatic carbocycles. The largest absolute Gasteiger partial charge is 0.394 e. The van der Waals surface area contributed by atoms with Crippen LogP contribution in [0.4, 0.5) is 17.5 Å². The molecule has 2 amide bonds. The minimum atomic E-state index is -0.529. The number of nitrogens with two attached hydrogens (primary N) is 2. The molecule has 0 bridgehead atoms. The zero-order chi connectivity index (χ0) is 28.4. The number of carbonyl (C=O) groups excluding carboxylic acids is 2. The Labute approximate surface area is 241 Å². The molecule has 1 atom stereocenters. The van der Waals surface area contributed by atoms with Gasteiger partial charge in [0.2, 0.25) is 0 Å². The third-order valence-electron chi connectivity index (χ3n) is 7.58. The Hall–Kier alpha value is -3.42. The van der Waals surface area contributed by atoms with Crippen molar-refractivity contribution in [1.82, 2.24) is 30.1 Å². The van der Waals surface area contributed by atoms with Crippen LogP contribution < -0.4 is 21.7 Å². The number of nitrogens with zero attached hydrogens (tertiary/aromatic N) is 7. The number of rotatable bonds is 5. The van der Waals surface area contributed by atoms with Crippen LogP contribution in [0.15, 0.2) is 17.3 Å². The Kier molecular flexibility index (Phi) is 8.43. The fourth-order valence-corrected chi connectivity index (χ4v) is 5.88. The zero-order valence-corrected chi connectivity index (χ0v) is 23.7. The van der Waals surface area contributed by atoms with Gasteiger partial charge in [0, 0.05) is 51.2 Å². The summed E-state index contributed by atoms with van der Waals surface area (Å²) in [7, 11) is 0. The average molecular weight is 592 g/mol. The summed E-state index contributed by atoms with van der Waals surface area (Å²) in [6.07, 6.45) is 3.14. The second-order valence-corrected chi connectivity index (χ2v) is 10.7. The number of nitrogens with one attached hydrogen (secondary N) is 1. The minimum absolute atomic E-state index is 0.000423. The summed E-state index contributed by atoms with van der Waals surface area (Å²) in [5.74, 6) is 0.374. The lowest BCUT2D eigenvalue weighted by Gasteiger charge is -2.47. The van der Waals surface area contributed by atoms with Crippen LogP contribution in [0.2, 0.25) is 10.3 Å². The van der Waals surface area contributed by atoms with Gasteiger partial charge in [-0.1, -0.05) is 35.3 Å². The van der Waals surface area contributed by atoms with Gasteiger partial charge in [0.05, 0.1) is 5.56 Å². The van der Waals surface area contributed by atoms with E-state index in [1.165, 1.54) is 0 Å². The number of piperidine rings is 1. The first-order valence-corrected chi connectivity index (χ1v) is 14.1. The molecule has 0 spiro atoms. The van der Waals surface area contributed by atoms with E-state index in [4.69, 9.17) is 39.5 Å². The number of halogens is 2. The van der Waals surface area contributed by atoms with E-state index in [1.807, 2.05) is 4.90 Å². The Morgan fingerprint density at radius 1 is 1.07 bits per heavy atom. The molecule has 0 radical (unpaired) electrons. The number of piperazine rings is 1. The second-order valence-electron chi connectivity index (χ2n) is 9.98. The molecule has 5 heterocycles. The smallest absolute Gasteiger partial charge is 0.279 e. The van der Waals surface area contributed by atoms with Gasteiger partial charge in [-0.15, -0.1) is 0 Å². The fourth-order valence-electron chi connectivity index (χ4n) is 5.48. The lowest BCUT2D eigenvalue weighted by molar-refractivity contribution is 0.0491. The Bertz CT molecular complexity index is 1320. The number of likely N-dealkylation sites (tertiary alicyclic amines) is 1. The number of oxime groups is 1. The van der Waals surface area contributed by atoms with Crippen LogP contribution in [-0.4, -0.2) is 93.8 Å². The highest BCUT2D eigenvalue weighted by molar-refractivity contribution is 6.32. The van der Waals surface area contributed by atoms with Gasteiger partial charge in [0.25, 0.3) is 11.8 Å². The molecule has 3 aliphatic rings. The number of aromatic nitrogens is 3. The zero-order valence-electron chi connectivity index (χ0n) is 22.1. The molecule has 5 N–H and O–H groups in total. The molecule has 2 aromatic rings. The lowest BCUT2D eigenvalue weighted by Crippen LogP contribution is -2.58. The summed E-state index contributed by atoms with van der Waals surface area (Å²) < 4.78 is 0. The summed E-state index contributed by atoms with van der Waals surface area (Å²) in [6.45, 7) is 6.00. The maximum absolute atomic E-state index is 13.0. The summed E-state index contributed by atoms with van der Waals surface area (Å²) in [5, 5.41) is 6.77. The molecule has 2 aromatic heterocycles. The maximum Gasteiger partial charge on any atom is 0.279 e. The highest BCUT2D eigenvalue weighted by Crippen LogP contribution is 2.30. The maximum atomic E-state index is 13.0. The molecule has 0 aromatic carbocycles. The molecule has 5 rings (SSSR count). The monoisotopic (exact) mass is 590 g/mol. The number of pyridine rings is 1. The van der Waals surface area contributed by atoms with Crippen LogP contribution in [0.25, 0.3) is 0 Å². The molecule has 0 unspecified atom stereocenters. The Balaban J connectivity index is 1.20. The van der Waals surface area contributed by atoms with E-state index in [9.17, 15) is 9.59 Å². The number of hydrogen-bond donors (Lipinski definition) is 3. The van der Waals surface area contributed by atoms with E-state index in [0.29, 0.717) is 62.5 Å². The van der Waals surface area contributed by atoms with Crippen molar-refractivity contribution in [3.05, 3.63) is 33.7 Å². The fraction of sp³-hybridized carbons (Fsp3) is 0.520. The van der Waals surface area contributed by atoms with E-state index in [-0.39, 0.29) is 39.6 Å². The first-order chi connectivity index (χ1) is 19.2. The number of anilines is 3. The molecule has 40 heavy (non-hydrogen) atoms. The number of carbonyl (C=O) groups is 2. The third-order valence-corrected chi connectivity index (χ3v) is 8.05. The van der Waals surface area contributed by atoms with Gasteiger partial charge in [-0.2, -0.15) is 0 Å². The molecule has 2 fully saturated rings. The van der Waals surface area contributed by atoms with Crippen molar-refractivity contribution in [2.24, 2.45) is 5.16 Å². The molecule has 3 aliphatic heterocycles. The molecular weight excluding hydrogens is 559 g/mol. The molecule has 15 heteroatoms. The highest BCUT2D eigenvalue weighted by Gasteiger charge is 2.35. The summed E-state index contributed by atoms with van der Waals surface area (Å²) >= 11 is 12.4. The van der Waals surface area contributed by atoms with Crippen molar-refractivity contribution in [1.29, 1.82) is 0 Å². The van der Waals surface area contributed by atoms with Gasteiger partial charge in [-0.05, 0) is 31.4 Å². The Morgan fingerprint density at radius 2 is 1.85 bits per heavy atom. The van der Waals surface area contributed by atoms with Gasteiger partial charge >= 0.3 is 0 Å². The first kappa shape index (κ1) is 28.1. The quantitative estimate of drug-likeness (QED) is 0.438. The minimum Gasteiger partial charge on any atom is -0.394 e. The first-order valence-electron chi connectivity index (χ1n) is 13.3. The van der Waals surface area contributed by atoms with Crippen molar-refractivity contribution in [2.45, 2.75) is 44.7 Å². The number of nitrogen functional groups attached to an aromatic ring is 2. The van der Waals surface area contributed by atoms with E-state index in [1.54, 1.807) is 12.1 Å². The van der Waals surface area contributed by atoms with E-state index in [2.05, 4.69) is 42.1 Å². The number of amidine groups is 1. The number of amides is 2. The van der Waals surface area contributed by atoms with Crippen LogP contribution in [0.3, 0.4) is 0 Å². The highest BCUT2D eigenvalue weighted by atomic mass is 35.5. The summed E-state index contributed by atoms with van der Waals surface area (Å²) in [4.78, 5) is 49.7. The van der Waals surface area contributed by atoms with Crippen molar-refractivity contribution in [3.63, 3.8) is 0 Å². The summed E-state index contributed by atoms with van der Waals surface area (Å²) in [5.41, 5.74) is 12.4.